The van der Waals surface area contributed by atoms with Crippen molar-refractivity contribution in [3.8, 4) is 6.07 Å². The van der Waals surface area contributed by atoms with Gasteiger partial charge in [0, 0.05) is 12.1 Å². The van der Waals surface area contributed by atoms with Crippen molar-refractivity contribution in [2.75, 3.05) is 33.7 Å². The molecule has 0 spiro atoms. The van der Waals surface area contributed by atoms with E-state index >= 15 is 0 Å². The Morgan fingerprint density at radius 3 is 2.55 bits per heavy atom. The van der Waals surface area contributed by atoms with Crippen LogP contribution in [0.25, 0.3) is 0 Å². The zero-order valence-corrected chi connectivity index (χ0v) is 13.4. The third-order valence-electron chi connectivity index (χ3n) is 5.57. The van der Waals surface area contributed by atoms with Crippen LogP contribution in [0.5, 0.6) is 0 Å². The fourth-order valence-corrected chi connectivity index (χ4v) is 3.92. The minimum absolute atomic E-state index is 0.290. The highest BCUT2D eigenvalue weighted by molar-refractivity contribution is 5.10. The zero-order valence-electron chi connectivity index (χ0n) is 13.4. The molecule has 20 heavy (non-hydrogen) atoms. The second-order valence-corrected chi connectivity index (χ2v) is 6.52. The van der Waals surface area contributed by atoms with Crippen molar-refractivity contribution in [3.63, 3.8) is 0 Å². The molecule has 2 rings (SSSR count). The van der Waals surface area contributed by atoms with Gasteiger partial charge >= 0.3 is 0 Å². The Balaban J connectivity index is 1.92. The van der Waals surface area contributed by atoms with Crippen molar-refractivity contribution in [2.24, 2.45) is 0 Å². The Morgan fingerprint density at radius 1 is 1.30 bits per heavy atom. The van der Waals surface area contributed by atoms with Crippen molar-refractivity contribution in [1.82, 2.24) is 15.1 Å². The normalized spacial score (nSPS) is 33.2. The van der Waals surface area contributed by atoms with Gasteiger partial charge in [0.05, 0.1) is 6.07 Å². The van der Waals surface area contributed by atoms with E-state index in [1.54, 1.807) is 0 Å². The van der Waals surface area contributed by atoms with Crippen LogP contribution >= 0.6 is 0 Å². The van der Waals surface area contributed by atoms with E-state index in [-0.39, 0.29) is 5.54 Å². The monoisotopic (exact) mass is 278 g/mol. The van der Waals surface area contributed by atoms with Crippen LogP contribution in [0.2, 0.25) is 0 Å². The van der Waals surface area contributed by atoms with Crippen LogP contribution in [0.1, 0.15) is 45.4 Å². The lowest BCUT2D eigenvalue weighted by atomic mass is 9.79. The van der Waals surface area contributed by atoms with Crippen LogP contribution in [0, 0.1) is 11.3 Å². The average molecular weight is 278 g/mol. The summed E-state index contributed by atoms with van der Waals surface area (Å²) < 4.78 is 0. The molecule has 4 nitrogen and oxygen atoms in total. The summed E-state index contributed by atoms with van der Waals surface area (Å²) in [5.74, 6) is 0. The van der Waals surface area contributed by atoms with Crippen molar-refractivity contribution >= 4 is 0 Å². The molecular weight excluding hydrogens is 248 g/mol. The minimum atomic E-state index is -0.290. The number of piperidine rings is 1. The standard InChI is InChI=1S/C16H30N4/c1-4-20-10-7-14(8-11-20)19(3)15-6-5-9-16(12-15,13-17)18-2/h14-15,18H,4-12H2,1-3H3. The Hall–Kier alpha value is -0.630. The van der Waals surface area contributed by atoms with Gasteiger partial charge in [-0.1, -0.05) is 6.92 Å². The van der Waals surface area contributed by atoms with E-state index in [4.69, 9.17) is 0 Å². The molecule has 1 heterocycles. The summed E-state index contributed by atoms with van der Waals surface area (Å²) in [6, 6.07) is 3.79. The molecule has 0 aromatic rings. The van der Waals surface area contributed by atoms with Crippen molar-refractivity contribution < 1.29 is 0 Å². The molecule has 0 bridgehead atoms. The first-order valence-corrected chi connectivity index (χ1v) is 8.18. The highest BCUT2D eigenvalue weighted by Crippen LogP contribution is 2.32. The van der Waals surface area contributed by atoms with Gasteiger partial charge in [-0.05, 0) is 72.3 Å². The summed E-state index contributed by atoms with van der Waals surface area (Å²) in [4.78, 5) is 5.12. The van der Waals surface area contributed by atoms with Gasteiger partial charge in [-0.2, -0.15) is 5.26 Å². The molecule has 0 aromatic carbocycles. The third-order valence-corrected chi connectivity index (χ3v) is 5.57. The van der Waals surface area contributed by atoms with Crippen molar-refractivity contribution in [3.05, 3.63) is 0 Å². The summed E-state index contributed by atoms with van der Waals surface area (Å²) in [7, 11) is 4.21. The smallest absolute Gasteiger partial charge is 0.108 e. The maximum Gasteiger partial charge on any atom is 0.108 e. The van der Waals surface area contributed by atoms with Crippen molar-refractivity contribution in [1.29, 1.82) is 5.26 Å². The highest BCUT2D eigenvalue weighted by atomic mass is 15.2. The largest absolute Gasteiger partial charge is 0.303 e. The number of nitrogens with zero attached hydrogens (tertiary/aromatic N) is 3. The van der Waals surface area contributed by atoms with Gasteiger partial charge in [0.15, 0.2) is 0 Å². The fourth-order valence-electron chi connectivity index (χ4n) is 3.92. The first kappa shape index (κ1) is 15.8. The number of hydrogen-bond donors (Lipinski definition) is 1. The van der Waals surface area contributed by atoms with Crippen LogP contribution < -0.4 is 5.32 Å². The molecule has 1 saturated heterocycles. The van der Waals surface area contributed by atoms with Gasteiger partial charge in [-0.25, -0.2) is 0 Å². The predicted molar refractivity (Wildman–Crippen MR) is 82.6 cm³/mol. The molecule has 2 atom stereocenters. The second kappa shape index (κ2) is 6.89. The van der Waals surface area contributed by atoms with E-state index < -0.39 is 0 Å². The van der Waals surface area contributed by atoms with Crippen LogP contribution in [-0.2, 0) is 0 Å². The molecule has 2 unspecified atom stereocenters. The van der Waals surface area contributed by atoms with Crippen LogP contribution in [0.4, 0.5) is 0 Å². The number of nitrogens with one attached hydrogen (secondary N) is 1. The Bertz CT molecular complexity index is 343. The van der Waals surface area contributed by atoms with E-state index in [2.05, 4.69) is 35.2 Å². The van der Waals surface area contributed by atoms with Gasteiger partial charge in [0.2, 0.25) is 0 Å². The molecule has 1 aliphatic carbocycles. The minimum Gasteiger partial charge on any atom is -0.303 e. The molecule has 4 heteroatoms. The number of rotatable bonds is 4. The summed E-state index contributed by atoms with van der Waals surface area (Å²) in [6.45, 7) is 5.89. The number of likely N-dealkylation sites (tertiary alicyclic amines) is 1. The number of hydrogen-bond acceptors (Lipinski definition) is 4. The second-order valence-electron chi connectivity index (χ2n) is 6.52. The first-order valence-electron chi connectivity index (χ1n) is 8.18. The topological polar surface area (TPSA) is 42.3 Å². The van der Waals surface area contributed by atoms with E-state index in [9.17, 15) is 5.26 Å². The maximum absolute atomic E-state index is 9.48. The first-order chi connectivity index (χ1) is 9.64. The van der Waals surface area contributed by atoms with E-state index in [0.717, 1.165) is 19.3 Å². The fraction of sp³-hybridized carbons (Fsp3) is 0.938. The summed E-state index contributed by atoms with van der Waals surface area (Å²) in [5.41, 5.74) is -0.290. The molecule has 0 radical (unpaired) electrons. The molecule has 0 amide bonds. The van der Waals surface area contributed by atoms with Gasteiger partial charge in [0.25, 0.3) is 0 Å². The van der Waals surface area contributed by atoms with Crippen LogP contribution in [0.3, 0.4) is 0 Å². The third kappa shape index (κ3) is 3.33. The Kier molecular flexibility index (Phi) is 5.42. The van der Waals surface area contributed by atoms with Gasteiger partial charge < -0.3 is 15.1 Å². The lowest BCUT2D eigenvalue weighted by molar-refractivity contribution is 0.0670. The molecule has 1 N–H and O–H groups in total. The Labute approximate surface area is 124 Å². The van der Waals surface area contributed by atoms with E-state index in [1.165, 1.54) is 38.9 Å². The van der Waals surface area contributed by atoms with E-state index in [1.807, 2.05) is 7.05 Å². The molecule has 2 aliphatic rings. The molecular formula is C16H30N4. The molecule has 0 aromatic heterocycles. The predicted octanol–water partition coefficient (Wildman–Crippen LogP) is 1.83. The van der Waals surface area contributed by atoms with E-state index in [0.29, 0.717) is 12.1 Å². The Morgan fingerprint density at radius 2 is 2.00 bits per heavy atom. The molecule has 1 aliphatic heterocycles. The number of nitriles is 1. The SMILES string of the molecule is CCN1CCC(N(C)C2CCCC(C#N)(NC)C2)CC1. The maximum atomic E-state index is 9.48. The zero-order chi connectivity index (χ0) is 14.6. The highest BCUT2D eigenvalue weighted by Gasteiger charge is 2.38. The van der Waals surface area contributed by atoms with Crippen molar-refractivity contribution in [2.45, 2.75) is 63.1 Å². The summed E-state index contributed by atoms with van der Waals surface area (Å²) >= 11 is 0. The lowest BCUT2D eigenvalue weighted by Crippen LogP contribution is -2.54. The lowest BCUT2D eigenvalue weighted by Gasteiger charge is -2.44. The van der Waals surface area contributed by atoms with Gasteiger partial charge in [-0.15, -0.1) is 0 Å². The van der Waals surface area contributed by atoms with Crippen LogP contribution in [0.15, 0.2) is 0 Å². The summed E-state index contributed by atoms with van der Waals surface area (Å²) in [6.07, 6.45) is 6.94. The molecule has 2 fully saturated rings. The van der Waals surface area contributed by atoms with Gasteiger partial charge in [0.1, 0.15) is 5.54 Å². The molecule has 1 saturated carbocycles. The van der Waals surface area contributed by atoms with Crippen LogP contribution in [-0.4, -0.2) is 61.2 Å². The quantitative estimate of drug-likeness (QED) is 0.852. The summed E-state index contributed by atoms with van der Waals surface area (Å²) in [5, 5.41) is 12.8. The van der Waals surface area contributed by atoms with Gasteiger partial charge in [-0.3, -0.25) is 0 Å². The molecule has 114 valence electrons. The average Bonchev–Trinajstić information content (AvgIpc) is 2.54.